The first-order valence-electron chi connectivity index (χ1n) is 7.94. The Morgan fingerprint density at radius 1 is 1.29 bits per heavy atom. The molecule has 0 aromatic heterocycles. The number of carbonyl (C=O) groups excluding carboxylic acids is 1. The number of benzene rings is 1. The van der Waals surface area contributed by atoms with Crippen LogP contribution >= 0.6 is 0 Å². The molecular weight excluding hydrogens is 264 g/mol. The fourth-order valence-electron chi connectivity index (χ4n) is 2.94. The maximum Gasteiger partial charge on any atom is 0.226 e. The van der Waals surface area contributed by atoms with Gasteiger partial charge in [0.05, 0.1) is 13.0 Å². The number of carbonyl (C=O) groups is 1. The number of likely N-dealkylation sites (tertiary alicyclic amines) is 1. The van der Waals surface area contributed by atoms with Crippen molar-refractivity contribution >= 4 is 5.91 Å². The smallest absolute Gasteiger partial charge is 0.226 e. The molecule has 4 heteroatoms. The van der Waals surface area contributed by atoms with E-state index in [2.05, 4.69) is 18.7 Å². The zero-order valence-corrected chi connectivity index (χ0v) is 13.1. The van der Waals surface area contributed by atoms with Crippen molar-refractivity contribution in [2.45, 2.75) is 32.7 Å². The highest BCUT2D eigenvalue weighted by Crippen LogP contribution is 2.16. The lowest BCUT2D eigenvalue weighted by molar-refractivity contribution is -0.130. The van der Waals surface area contributed by atoms with Gasteiger partial charge in [-0.15, -0.1) is 0 Å². The highest BCUT2D eigenvalue weighted by molar-refractivity contribution is 5.76. The van der Waals surface area contributed by atoms with Crippen LogP contribution in [-0.4, -0.2) is 54.5 Å². The second-order valence-corrected chi connectivity index (χ2v) is 5.41. The van der Waals surface area contributed by atoms with E-state index in [0.717, 1.165) is 38.3 Å². The third-order valence-corrected chi connectivity index (χ3v) is 4.17. The van der Waals surface area contributed by atoms with Gasteiger partial charge >= 0.3 is 0 Å². The number of nitrogens with zero attached hydrogens (tertiary/aromatic N) is 2. The van der Waals surface area contributed by atoms with Crippen LogP contribution in [0.4, 0.5) is 0 Å². The van der Waals surface area contributed by atoms with Crippen molar-refractivity contribution in [2.24, 2.45) is 0 Å². The molecule has 1 atom stereocenters. The molecule has 0 N–H and O–H groups in total. The van der Waals surface area contributed by atoms with Crippen molar-refractivity contribution in [3.05, 3.63) is 30.3 Å². The van der Waals surface area contributed by atoms with Gasteiger partial charge in [0.15, 0.2) is 0 Å². The Balaban J connectivity index is 1.72. The summed E-state index contributed by atoms with van der Waals surface area (Å²) < 4.78 is 5.59. The summed E-state index contributed by atoms with van der Waals surface area (Å²) in [6.45, 7) is 8.68. The predicted octanol–water partition coefficient (Wildman–Crippen LogP) is 2.40. The molecule has 1 fully saturated rings. The molecule has 1 amide bonds. The molecule has 21 heavy (non-hydrogen) atoms. The molecule has 116 valence electrons. The van der Waals surface area contributed by atoms with E-state index in [1.165, 1.54) is 0 Å². The summed E-state index contributed by atoms with van der Waals surface area (Å²) in [7, 11) is 0. The zero-order chi connectivity index (χ0) is 15.1. The number of hydrogen-bond donors (Lipinski definition) is 0. The summed E-state index contributed by atoms with van der Waals surface area (Å²) >= 11 is 0. The molecule has 1 unspecified atom stereocenters. The van der Waals surface area contributed by atoms with Crippen LogP contribution in [0.5, 0.6) is 5.75 Å². The van der Waals surface area contributed by atoms with Crippen LogP contribution in [-0.2, 0) is 4.79 Å². The van der Waals surface area contributed by atoms with E-state index in [9.17, 15) is 4.79 Å². The number of rotatable bonds is 7. The first kappa shape index (κ1) is 15.8. The number of ether oxygens (including phenoxy) is 1. The summed E-state index contributed by atoms with van der Waals surface area (Å²) in [4.78, 5) is 16.6. The van der Waals surface area contributed by atoms with Gasteiger partial charge in [-0.3, -0.25) is 9.69 Å². The molecule has 0 bridgehead atoms. The molecule has 4 nitrogen and oxygen atoms in total. The lowest BCUT2D eigenvalue weighted by Crippen LogP contribution is -2.38. The fraction of sp³-hybridized carbons (Fsp3) is 0.588. The Bertz CT molecular complexity index is 432. The quantitative estimate of drug-likeness (QED) is 0.773. The van der Waals surface area contributed by atoms with Crippen LogP contribution < -0.4 is 4.74 Å². The van der Waals surface area contributed by atoms with E-state index in [0.29, 0.717) is 19.1 Å². The minimum Gasteiger partial charge on any atom is -0.493 e. The normalized spacial score (nSPS) is 18.2. The molecule has 1 saturated heterocycles. The van der Waals surface area contributed by atoms with Gasteiger partial charge in [-0.05, 0) is 31.6 Å². The largest absolute Gasteiger partial charge is 0.493 e. The van der Waals surface area contributed by atoms with Gasteiger partial charge in [-0.25, -0.2) is 0 Å². The van der Waals surface area contributed by atoms with E-state index < -0.39 is 0 Å². The maximum atomic E-state index is 12.2. The number of hydrogen-bond acceptors (Lipinski definition) is 3. The van der Waals surface area contributed by atoms with Crippen LogP contribution in [0.15, 0.2) is 30.3 Å². The Hall–Kier alpha value is -1.55. The highest BCUT2D eigenvalue weighted by Gasteiger charge is 2.28. The Morgan fingerprint density at radius 3 is 2.67 bits per heavy atom. The average Bonchev–Trinajstić information content (AvgIpc) is 2.99. The van der Waals surface area contributed by atoms with Crippen molar-refractivity contribution < 1.29 is 9.53 Å². The summed E-state index contributed by atoms with van der Waals surface area (Å²) in [6, 6.07) is 10.2. The van der Waals surface area contributed by atoms with E-state index in [-0.39, 0.29) is 5.91 Å². The van der Waals surface area contributed by atoms with Gasteiger partial charge in [0.25, 0.3) is 0 Å². The summed E-state index contributed by atoms with van der Waals surface area (Å²) in [5.74, 6) is 1.04. The van der Waals surface area contributed by atoms with Crippen LogP contribution in [0.3, 0.4) is 0 Å². The SMILES string of the molecule is CCN(CC)C1CCN(C(=O)CCOc2ccccc2)C1. The summed E-state index contributed by atoms with van der Waals surface area (Å²) in [5.41, 5.74) is 0. The Labute approximate surface area is 127 Å². The van der Waals surface area contributed by atoms with Crippen LogP contribution in [0.1, 0.15) is 26.7 Å². The molecule has 1 aliphatic rings. The first-order chi connectivity index (χ1) is 10.2. The van der Waals surface area contributed by atoms with Crippen molar-refractivity contribution in [3.8, 4) is 5.75 Å². The average molecular weight is 290 g/mol. The number of likely N-dealkylation sites (N-methyl/N-ethyl adjacent to an activating group) is 1. The molecule has 0 radical (unpaired) electrons. The molecule has 0 spiro atoms. The molecule has 2 rings (SSSR count). The lowest BCUT2D eigenvalue weighted by Gasteiger charge is -2.26. The van der Waals surface area contributed by atoms with Crippen molar-refractivity contribution in [3.63, 3.8) is 0 Å². The zero-order valence-electron chi connectivity index (χ0n) is 13.1. The van der Waals surface area contributed by atoms with E-state index in [1.807, 2.05) is 35.2 Å². The lowest BCUT2D eigenvalue weighted by atomic mass is 10.2. The van der Waals surface area contributed by atoms with Crippen molar-refractivity contribution in [2.75, 3.05) is 32.8 Å². The molecule has 1 heterocycles. The third-order valence-electron chi connectivity index (χ3n) is 4.17. The second-order valence-electron chi connectivity index (χ2n) is 5.41. The minimum atomic E-state index is 0.209. The van der Waals surface area contributed by atoms with Gasteiger partial charge in [0.2, 0.25) is 5.91 Å². The molecule has 1 aliphatic heterocycles. The topological polar surface area (TPSA) is 32.8 Å². The van der Waals surface area contributed by atoms with Crippen LogP contribution in [0.25, 0.3) is 0 Å². The number of amides is 1. The third kappa shape index (κ3) is 4.46. The second kappa shape index (κ2) is 8.03. The molecule has 0 saturated carbocycles. The monoisotopic (exact) mass is 290 g/mol. The van der Waals surface area contributed by atoms with Crippen molar-refractivity contribution in [1.82, 2.24) is 9.80 Å². The number of para-hydroxylation sites is 1. The van der Waals surface area contributed by atoms with E-state index in [1.54, 1.807) is 0 Å². The van der Waals surface area contributed by atoms with Gasteiger partial charge in [-0.2, -0.15) is 0 Å². The molecular formula is C17H26N2O2. The molecule has 0 aliphatic carbocycles. The van der Waals surface area contributed by atoms with Gasteiger partial charge in [0.1, 0.15) is 5.75 Å². The Kier molecular flexibility index (Phi) is 6.05. The maximum absolute atomic E-state index is 12.2. The molecule has 1 aromatic carbocycles. The van der Waals surface area contributed by atoms with Crippen molar-refractivity contribution in [1.29, 1.82) is 0 Å². The Morgan fingerprint density at radius 2 is 2.00 bits per heavy atom. The van der Waals surface area contributed by atoms with E-state index >= 15 is 0 Å². The first-order valence-corrected chi connectivity index (χ1v) is 7.94. The van der Waals surface area contributed by atoms with E-state index in [4.69, 9.17) is 4.74 Å². The molecule has 1 aromatic rings. The van der Waals surface area contributed by atoms with Crippen LogP contribution in [0.2, 0.25) is 0 Å². The summed E-state index contributed by atoms with van der Waals surface area (Å²) in [5, 5.41) is 0. The predicted molar refractivity (Wildman–Crippen MR) is 84.5 cm³/mol. The van der Waals surface area contributed by atoms with Gasteiger partial charge in [0, 0.05) is 19.1 Å². The van der Waals surface area contributed by atoms with Crippen LogP contribution in [0, 0.1) is 0 Å². The van der Waals surface area contributed by atoms with Gasteiger partial charge < -0.3 is 9.64 Å². The highest BCUT2D eigenvalue weighted by atomic mass is 16.5. The minimum absolute atomic E-state index is 0.209. The fourth-order valence-corrected chi connectivity index (χ4v) is 2.94. The summed E-state index contributed by atoms with van der Waals surface area (Å²) in [6.07, 6.45) is 1.55. The standard InChI is InChI=1S/C17H26N2O2/c1-3-18(4-2)15-10-12-19(14-15)17(20)11-13-21-16-8-6-5-7-9-16/h5-9,15H,3-4,10-14H2,1-2H3. The van der Waals surface area contributed by atoms with Gasteiger partial charge in [-0.1, -0.05) is 32.0 Å².